The first-order valence-corrected chi connectivity index (χ1v) is 11.4. The molecular formula is C28H34O3. The zero-order valence-corrected chi connectivity index (χ0v) is 19.0. The Labute approximate surface area is 186 Å². The molecule has 1 fully saturated rings. The van der Waals surface area contributed by atoms with Gasteiger partial charge in [-0.05, 0) is 86.1 Å². The number of ether oxygens (including phenoxy) is 2. The smallest absolute Gasteiger partial charge is 0.201 e. The predicted octanol–water partition coefficient (Wildman–Crippen LogP) is 7.33. The summed E-state index contributed by atoms with van der Waals surface area (Å²) < 4.78 is 12.6. The summed E-state index contributed by atoms with van der Waals surface area (Å²) in [7, 11) is 0. The Bertz CT molecular complexity index is 973. The van der Waals surface area contributed by atoms with Crippen LogP contribution < -0.4 is 9.47 Å². The quantitative estimate of drug-likeness (QED) is 0.478. The maximum absolute atomic E-state index is 11.2. The third-order valence-electron chi connectivity index (χ3n) is 6.99. The molecular weight excluding hydrogens is 384 g/mol. The van der Waals surface area contributed by atoms with Crippen molar-refractivity contribution in [1.29, 1.82) is 0 Å². The molecule has 2 aromatic carbocycles. The Morgan fingerprint density at radius 3 is 2.55 bits per heavy atom. The van der Waals surface area contributed by atoms with Crippen LogP contribution in [0.1, 0.15) is 62.6 Å². The molecule has 0 spiro atoms. The van der Waals surface area contributed by atoms with Gasteiger partial charge in [-0.15, -0.1) is 13.2 Å². The van der Waals surface area contributed by atoms with Crippen LogP contribution in [0.2, 0.25) is 0 Å². The van der Waals surface area contributed by atoms with Crippen molar-refractivity contribution < 1.29 is 14.6 Å². The molecule has 3 atom stereocenters. The fourth-order valence-electron chi connectivity index (χ4n) is 5.43. The summed E-state index contributed by atoms with van der Waals surface area (Å²) in [6.45, 7) is 14.5. The molecule has 2 bridgehead atoms. The summed E-state index contributed by atoms with van der Waals surface area (Å²) in [4.78, 5) is 0. The lowest BCUT2D eigenvalue weighted by Crippen LogP contribution is -2.45. The summed E-state index contributed by atoms with van der Waals surface area (Å²) in [5.41, 5.74) is 3.23. The second kappa shape index (κ2) is 8.45. The maximum Gasteiger partial charge on any atom is 0.201 e. The topological polar surface area (TPSA) is 38.7 Å². The van der Waals surface area contributed by atoms with Gasteiger partial charge in [0.25, 0.3) is 0 Å². The lowest BCUT2D eigenvalue weighted by molar-refractivity contribution is -0.0103. The minimum Gasteiger partial charge on any atom is -0.502 e. The van der Waals surface area contributed by atoms with Crippen LogP contribution in [0, 0.1) is 11.8 Å². The van der Waals surface area contributed by atoms with E-state index in [2.05, 4.69) is 33.9 Å². The molecule has 4 rings (SSSR count). The molecule has 0 radical (unpaired) electrons. The van der Waals surface area contributed by atoms with Crippen molar-refractivity contribution in [2.24, 2.45) is 11.8 Å². The highest BCUT2D eigenvalue weighted by atomic mass is 16.5. The molecule has 1 aliphatic heterocycles. The Kier molecular flexibility index (Phi) is 5.88. The van der Waals surface area contributed by atoms with Crippen molar-refractivity contribution in [3.8, 4) is 23.0 Å². The average Bonchev–Trinajstić information content (AvgIpc) is 2.72. The van der Waals surface area contributed by atoms with Crippen molar-refractivity contribution in [1.82, 2.24) is 0 Å². The van der Waals surface area contributed by atoms with Crippen LogP contribution in [-0.4, -0.2) is 10.7 Å². The van der Waals surface area contributed by atoms with Crippen LogP contribution in [0.3, 0.4) is 0 Å². The summed E-state index contributed by atoms with van der Waals surface area (Å²) in [6, 6.07) is 9.87. The normalized spacial score (nSPS) is 24.3. The fourth-order valence-corrected chi connectivity index (χ4v) is 5.43. The zero-order chi connectivity index (χ0) is 22.2. The maximum atomic E-state index is 11.2. The van der Waals surface area contributed by atoms with E-state index in [4.69, 9.17) is 9.47 Å². The van der Waals surface area contributed by atoms with Gasteiger partial charge in [0.2, 0.25) is 5.75 Å². The molecule has 3 nitrogen and oxygen atoms in total. The van der Waals surface area contributed by atoms with Gasteiger partial charge in [0.15, 0.2) is 11.5 Å². The van der Waals surface area contributed by atoms with Gasteiger partial charge < -0.3 is 14.6 Å². The van der Waals surface area contributed by atoms with E-state index in [0.29, 0.717) is 35.0 Å². The number of hydrogen-bond donors (Lipinski definition) is 1. The summed E-state index contributed by atoms with van der Waals surface area (Å²) in [5.74, 6) is 3.41. The molecule has 0 aromatic heterocycles. The van der Waals surface area contributed by atoms with Gasteiger partial charge in [-0.25, -0.2) is 0 Å². The third-order valence-corrected chi connectivity index (χ3v) is 6.99. The van der Waals surface area contributed by atoms with E-state index < -0.39 is 0 Å². The molecule has 2 aromatic rings. The van der Waals surface area contributed by atoms with Gasteiger partial charge >= 0.3 is 0 Å². The molecule has 0 unspecified atom stereocenters. The van der Waals surface area contributed by atoms with Gasteiger partial charge in [-0.1, -0.05) is 38.1 Å². The van der Waals surface area contributed by atoms with E-state index in [9.17, 15) is 5.11 Å². The van der Waals surface area contributed by atoms with Crippen molar-refractivity contribution >= 4 is 0 Å². The summed E-state index contributed by atoms with van der Waals surface area (Å²) >= 11 is 0. The van der Waals surface area contributed by atoms with E-state index in [1.807, 2.05) is 42.5 Å². The van der Waals surface area contributed by atoms with Gasteiger partial charge in [0.05, 0.1) is 0 Å². The van der Waals surface area contributed by atoms with Crippen molar-refractivity contribution in [2.75, 3.05) is 0 Å². The van der Waals surface area contributed by atoms with Crippen LogP contribution in [0.15, 0.2) is 55.6 Å². The average molecular weight is 419 g/mol. The number of allylic oxidation sites excluding steroid dienone is 2. The predicted molar refractivity (Wildman–Crippen MR) is 126 cm³/mol. The standard InChI is InChI=1S/C28H34O3/c1-6-8-19-10-12-21(13-11-19)30-24-16-20(9-7-2)25-23-17-28(5,31-27(25)26(24)29)15-14-22(23)18(3)4/h6-7,10-13,16,18,22-23,29H,1-2,8-9,14-15,17H2,3-5H3/t22-,23+,28+/m1/s1. The van der Waals surface area contributed by atoms with E-state index in [1.54, 1.807) is 0 Å². The van der Waals surface area contributed by atoms with Gasteiger partial charge in [-0.2, -0.15) is 0 Å². The van der Waals surface area contributed by atoms with Crippen LogP contribution in [-0.2, 0) is 12.8 Å². The summed E-state index contributed by atoms with van der Waals surface area (Å²) in [5, 5.41) is 11.2. The van der Waals surface area contributed by atoms with Gasteiger partial charge in [0.1, 0.15) is 11.4 Å². The molecule has 1 heterocycles. The van der Waals surface area contributed by atoms with Crippen molar-refractivity contribution in [2.45, 2.75) is 64.4 Å². The first kappa shape index (κ1) is 21.5. The third kappa shape index (κ3) is 4.11. The van der Waals surface area contributed by atoms with Crippen molar-refractivity contribution in [3.63, 3.8) is 0 Å². The van der Waals surface area contributed by atoms with Gasteiger partial charge in [-0.3, -0.25) is 0 Å². The fraction of sp³-hybridized carbons (Fsp3) is 0.429. The second-order valence-corrected chi connectivity index (χ2v) is 9.67. The molecule has 31 heavy (non-hydrogen) atoms. The molecule has 1 saturated carbocycles. The largest absolute Gasteiger partial charge is 0.502 e. The van der Waals surface area contributed by atoms with Crippen LogP contribution in [0.4, 0.5) is 0 Å². The Morgan fingerprint density at radius 1 is 1.19 bits per heavy atom. The molecule has 164 valence electrons. The molecule has 1 aliphatic carbocycles. The van der Waals surface area contributed by atoms with E-state index in [1.165, 1.54) is 5.56 Å². The number of phenols is 1. The molecule has 2 aliphatic rings. The number of rotatable bonds is 7. The Balaban J connectivity index is 1.77. The Morgan fingerprint density at radius 2 is 1.90 bits per heavy atom. The first-order chi connectivity index (χ1) is 14.8. The van der Waals surface area contributed by atoms with E-state index >= 15 is 0 Å². The zero-order valence-electron chi connectivity index (χ0n) is 19.0. The highest BCUT2D eigenvalue weighted by Gasteiger charge is 2.47. The number of phenolic OH excluding ortho intramolecular Hbond substituents is 1. The van der Waals surface area contributed by atoms with E-state index in [-0.39, 0.29) is 11.4 Å². The lowest BCUT2D eigenvalue weighted by atomic mass is 9.63. The van der Waals surface area contributed by atoms with Crippen LogP contribution in [0.25, 0.3) is 0 Å². The van der Waals surface area contributed by atoms with Crippen LogP contribution in [0.5, 0.6) is 23.0 Å². The SMILES string of the molecule is C=CCc1ccc(Oc2cc(CC=C)c3c(c2O)O[C@@]2(C)CC[C@H](C(C)C)[C@@H]3C2)cc1. The van der Waals surface area contributed by atoms with Crippen LogP contribution >= 0.6 is 0 Å². The number of benzene rings is 2. The number of aromatic hydroxyl groups is 1. The highest BCUT2D eigenvalue weighted by Crippen LogP contribution is 2.58. The van der Waals surface area contributed by atoms with Gasteiger partial charge in [0, 0.05) is 5.56 Å². The minimum absolute atomic E-state index is 0.110. The summed E-state index contributed by atoms with van der Waals surface area (Å²) in [6.07, 6.45) is 8.50. The molecule has 0 saturated heterocycles. The molecule has 0 amide bonds. The Hall–Kier alpha value is -2.68. The van der Waals surface area contributed by atoms with E-state index in [0.717, 1.165) is 43.2 Å². The number of fused-ring (bicyclic) bond motifs is 4. The first-order valence-electron chi connectivity index (χ1n) is 11.4. The highest BCUT2D eigenvalue weighted by molar-refractivity contribution is 5.62. The minimum atomic E-state index is -0.239. The monoisotopic (exact) mass is 418 g/mol. The number of hydrogen-bond acceptors (Lipinski definition) is 3. The molecule has 3 heteroatoms. The van der Waals surface area contributed by atoms with Crippen molar-refractivity contribution in [3.05, 3.63) is 72.3 Å². The lowest BCUT2D eigenvalue weighted by Gasteiger charge is -2.49. The molecule has 1 N–H and O–H groups in total. The second-order valence-electron chi connectivity index (χ2n) is 9.67.